The molecule has 152 valence electrons. The fourth-order valence-electron chi connectivity index (χ4n) is 4.04. The fourth-order valence-corrected chi connectivity index (χ4v) is 5.15. The van der Waals surface area contributed by atoms with E-state index in [4.69, 9.17) is 5.11 Å². The number of carbonyl (C=O) groups is 2. The molecule has 0 saturated heterocycles. The zero-order chi connectivity index (χ0) is 20.3. The molecule has 0 radical (unpaired) electrons. The summed E-state index contributed by atoms with van der Waals surface area (Å²) in [6.45, 7) is 2.11. The number of hydrogen-bond donors (Lipinski definition) is 3. The third-order valence-corrected chi connectivity index (χ3v) is 7.41. The van der Waals surface area contributed by atoms with E-state index in [0.29, 0.717) is 12.2 Å². The summed E-state index contributed by atoms with van der Waals surface area (Å²) in [5, 5.41) is 29.6. The van der Waals surface area contributed by atoms with Crippen LogP contribution in [-0.2, 0) is 4.79 Å². The number of aliphatic hydroxyl groups excluding tert-OH is 2. The van der Waals surface area contributed by atoms with Crippen LogP contribution in [-0.4, -0.2) is 45.0 Å². The van der Waals surface area contributed by atoms with E-state index in [0.717, 1.165) is 17.7 Å². The van der Waals surface area contributed by atoms with Crippen molar-refractivity contribution in [2.75, 3.05) is 5.75 Å². The Morgan fingerprint density at radius 1 is 1.32 bits per heavy atom. The summed E-state index contributed by atoms with van der Waals surface area (Å²) in [5.74, 6) is -0.874. The molecule has 4 atom stereocenters. The van der Waals surface area contributed by atoms with Crippen molar-refractivity contribution >= 4 is 23.5 Å². The van der Waals surface area contributed by atoms with Gasteiger partial charge in [0.1, 0.15) is 5.78 Å². The van der Waals surface area contributed by atoms with Gasteiger partial charge in [0.25, 0.3) is 0 Å². The molecule has 2 saturated carbocycles. The van der Waals surface area contributed by atoms with Crippen LogP contribution >= 0.6 is 11.8 Å². The summed E-state index contributed by atoms with van der Waals surface area (Å²) in [6, 6.07) is 6.58. The number of hydrogen-bond acceptors (Lipinski definition) is 5. The van der Waals surface area contributed by atoms with E-state index in [1.54, 1.807) is 24.3 Å². The highest BCUT2D eigenvalue weighted by atomic mass is 32.2. The van der Waals surface area contributed by atoms with Crippen molar-refractivity contribution in [1.29, 1.82) is 0 Å². The zero-order valence-electron chi connectivity index (χ0n) is 16.1. The van der Waals surface area contributed by atoms with Gasteiger partial charge in [0.2, 0.25) is 0 Å². The van der Waals surface area contributed by atoms with Gasteiger partial charge in [-0.25, -0.2) is 4.79 Å². The number of aliphatic hydroxyl groups is 2. The van der Waals surface area contributed by atoms with Crippen LogP contribution in [0.1, 0.15) is 49.4 Å². The van der Waals surface area contributed by atoms with Gasteiger partial charge in [-0.3, -0.25) is 4.79 Å². The molecule has 0 bridgehead atoms. The molecule has 2 unspecified atom stereocenters. The molecule has 2 aliphatic carbocycles. The molecule has 1 aromatic rings. The zero-order valence-corrected chi connectivity index (χ0v) is 16.9. The molecule has 2 aliphatic rings. The summed E-state index contributed by atoms with van der Waals surface area (Å²) in [4.78, 5) is 24.2. The molecule has 5 nitrogen and oxygen atoms in total. The van der Waals surface area contributed by atoms with E-state index in [1.807, 2.05) is 12.2 Å². The Hall–Kier alpha value is -1.63. The maximum Gasteiger partial charge on any atom is 0.335 e. The molecule has 3 N–H and O–H groups in total. The molecule has 0 heterocycles. The molecular formula is C22H28O5S. The van der Waals surface area contributed by atoms with Crippen LogP contribution in [0.2, 0.25) is 0 Å². The average molecular weight is 405 g/mol. The number of Topliss-reactive ketones (excluding diaryl/α,β-unsaturated/α-hetero) is 1. The fraction of sp³-hybridized carbons (Fsp3) is 0.545. The molecule has 0 spiro atoms. The van der Waals surface area contributed by atoms with Crippen molar-refractivity contribution in [2.45, 2.75) is 56.1 Å². The number of rotatable bonds is 8. The van der Waals surface area contributed by atoms with Crippen LogP contribution < -0.4 is 0 Å². The highest BCUT2D eigenvalue weighted by Gasteiger charge is 2.40. The second-order valence-electron chi connectivity index (χ2n) is 8.25. The van der Waals surface area contributed by atoms with Crippen LogP contribution in [0.15, 0.2) is 41.3 Å². The first-order chi connectivity index (χ1) is 13.3. The normalized spacial score (nSPS) is 27.7. The molecule has 3 rings (SSSR count). The van der Waals surface area contributed by atoms with Crippen LogP contribution in [0.3, 0.4) is 0 Å². The number of ketones is 1. The maximum atomic E-state index is 12.3. The number of benzene rings is 1. The second kappa shape index (κ2) is 8.80. The van der Waals surface area contributed by atoms with Gasteiger partial charge >= 0.3 is 5.97 Å². The molecular weight excluding hydrogens is 376 g/mol. The molecule has 0 aliphatic heterocycles. The lowest BCUT2D eigenvalue weighted by atomic mass is 9.66. The highest BCUT2D eigenvalue weighted by Crippen LogP contribution is 2.44. The van der Waals surface area contributed by atoms with Gasteiger partial charge in [-0.2, -0.15) is 0 Å². The van der Waals surface area contributed by atoms with Gasteiger partial charge < -0.3 is 15.3 Å². The van der Waals surface area contributed by atoms with E-state index in [1.165, 1.54) is 18.2 Å². The first-order valence-electron chi connectivity index (χ1n) is 9.82. The largest absolute Gasteiger partial charge is 0.478 e. The summed E-state index contributed by atoms with van der Waals surface area (Å²) in [6.07, 6.45) is 6.73. The Morgan fingerprint density at radius 3 is 2.57 bits per heavy atom. The third kappa shape index (κ3) is 4.67. The van der Waals surface area contributed by atoms with Crippen LogP contribution in [0.4, 0.5) is 0 Å². The predicted molar refractivity (Wildman–Crippen MR) is 108 cm³/mol. The lowest BCUT2D eigenvalue weighted by Crippen LogP contribution is -2.38. The van der Waals surface area contributed by atoms with Crippen molar-refractivity contribution < 1.29 is 24.9 Å². The second-order valence-corrected chi connectivity index (χ2v) is 9.34. The smallest absolute Gasteiger partial charge is 0.335 e. The molecule has 1 aromatic carbocycles. The molecule has 0 aromatic heterocycles. The Labute approximate surface area is 169 Å². The Balaban J connectivity index is 1.57. The minimum absolute atomic E-state index is 0.00577. The quantitative estimate of drug-likeness (QED) is 0.453. The Bertz CT molecular complexity index is 738. The third-order valence-electron chi connectivity index (χ3n) is 6.28. The molecule has 28 heavy (non-hydrogen) atoms. The Morgan fingerprint density at radius 2 is 2.00 bits per heavy atom. The van der Waals surface area contributed by atoms with Crippen LogP contribution in [0.5, 0.6) is 0 Å². The summed E-state index contributed by atoms with van der Waals surface area (Å²) in [7, 11) is 0. The van der Waals surface area contributed by atoms with Crippen molar-refractivity contribution in [3.8, 4) is 0 Å². The first kappa shape index (κ1) is 21.1. The van der Waals surface area contributed by atoms with Gasteiger partial charge in [-0.15, -0.1) is 11.8 Å². The van der Waals surface area contributed by atoms with E-state index in [9.17, 15) is 19.8 Å². The summed E-state index contributed by atoms with van der Waals surface area (Å²) < 4.78 is 0. The average Bonchev–Trinajstić information content (AvgIpc) is 2.91. The minimum Gasteiger partial charge on any atom is -0.478 e. The summed E-state index contributed by atoms with van der Waals surface area (Å²) >= 11 is 1.50. The topological polar surface area (TPSA) is 94.8 Å². The highest BCUT2D eigenvalue weighted by molar-refractivity contribution is 7.99. The van der Waals surface area contributed by atoms with Crippen LogP contribution in [0.25, 0.3) is 0 Å². The van der Waals surface area contributed by atoms with E-state index in [-0.39, 0.29) is 41.1 Å². The Kier molecular flexibility index (Phi) is 6.63. The lowest BCUT2D eigenvalue weighted by molar-refractivity contribution is -0.120. The van der Waals surface area contributed by atoms with Crippen molar-refractivity contribution in [1.82, 2.24) is 0 Å². The van der Waals surface area contributed by atoms with Crippen molar-refractivity contribution in [3.63, 3.8) is 0 Å². The van der Waals surface area contributed by atoms with Crippen molar-refractivity contribution in [2.24, 2.45) is 17.3 Å². The van der Waals surface area contributed by atoms with Gasteiger partial charge in [-0.1, -0.05) is 25.5 Å². The standard InChI is InChI=1S/C22H28O5S/c1-22(10-3-11-22)20(25)5-2-4-16-17(19(24)12-18(16)23)13-28-15-8-6-14(7-9-15)21(26)27/h2,4,6-9,16-18,20,23,25H,3,5,10-13H2,1H3,(H,26,27)/b4-2+/t16-,17-,18?,20?/m1/s1. The number of aromatic carboxylic acids is 1. The SMILES string of the molecule is CC1(C(O)C/C=C/[C@H]2C(O)CC(=O)[C@@H]2CSc2ccc(C(=O)O)cc2)CCC1. The minimum atomic E-state index is -0.964. The van der Waals surface area contributed by atoms with Crippen molar-refractivity contribution in [3.05, 3.63) is 42.0 Å². The number of carbonyl (C=O) groups excluding carboxylic acids is 1. The van der Waals surface area contributed by atoms with Crippen LogP contribution in [0, 0.1) is 17.3 Å². The van der Waals surface area contributed by atoms with E-state index in [2.05, 4.69) is 6.92 Å². The lowest BCUT2D eigenvalue weighted by Gasteiger charge is -2.42. The van der Waals surface area contributed by atoms with Gasteiger partial charge in [-0.05, 0) is 48.9 Å². The maximum absolute atomic E-state index is 12.3. The monoisotopic (exact) mass is 404 g/mol. The molecule has 2 fully saturated rings. The predicted octanol–water partition coefficient (Wildman–Crippen LogP) is 3.54. The number of thioether (sulfide) groups is 1. The first-order valence-corrected chi connectivity index (χ1v) is 10.8. The number of carboxylic acids is 1. The molecule has 6 heteroatoms. The summed E-state index contributed by atoms with van der Waals surface area (Å²) in [5.41, 5.74) is 0.238. The number of carboxylic acid groups (broad SMARTS) is 1. The van der Waals surface area contributed by atoms with Gasteiger partial charge in [0, 0.05) is 28.9 Å². The molecule has 0 amide bonds. The van der Waals surface area contributed by atoms with E-state index >= 15 is 0 Å². The van der Waals surface area contributed by atoms with Gasteiger partial charge in [0.15, 0.2) is 0 Å². The van der Waals surface area contributed by atoms with E-state index < -0.39 is 12.1 Å². The van der Waals surface area contributed by atoms with Gasteiger partial charge in [0.05, 0.1) is 17.8 Å².